The number of nitrogens with zero attached hydrogens (tertiary/aromatic N) is 2. The average molecular weight is 460 g/mol. The number of carbonyl (C=O) groups excluding carboxylic acids is 2. The lowest BCUT2D eigenvalue weighted by atomic mass is 9.95. The Morgan fingerprint density at radius 3 is 2.68 bits per heavy atom. The van der Waals surface area contributed by atoms with Crippen LogP contribution < -0.4 is 5.32 Å². The lowest BCUT2D eigenvalue weighted by Crippen LogP contribution is -2.35. The molecule has 1 N–H and O–H groups in total. The van der Waals surface area contributed by atoms with Crippen molar-refractivity contribution < 1.29 is 14.3 Å². The number of para-hydroxylation sites is 1. The smallest absolute Gasteiger partial charge is 0.340 e. The van der Waals surface area contributed by atoms with Gasteiger partial charge in [-0.05, 0) is 56.5 Å². The minimum atomic E-state index is -0.884. The molecule has 6 heteroatoms. The second kappa shape index (κ2) is 10.3. The van der Waals surface area contributed by atoms with Crippen LogP contribution in [-0.2, 0) is 22.5 Å². The molecule has 0 fully saturated rings. The zero-order valence-electron chi connectivity index (χ0n) is 20.5. The zero-order valence-corrected chi connectivity index (χ0v) is 20.5. The lowest BCUT2D eigenvalue weighted by molar-refractivity contribution is -0.124. The van der Waals surface area contributed by atoms with E-state index in [9.17, 15) is 9.59 Å². The molecular weight excluding hydrogens is 426 g/mol. The van der Waals surface area contributed by atoms with Crippen molar-refractivity contribution in [2.45, 2.75) is 59.6 Å². The molecule has 0 spiro atoms. The predicted octanol–water partition coefficient (Wildman–Crippen LogP) is 5.19. The van der Waals surface area contributed by atoms with Gasteiger partial charge in [0.25, 0.3) is 5.91 Å². The molecular formula is C28H33N3O3. The first-order chi connectivity index (χ1) is 16.4. The highest BCUT2D eigenvalue weighted by molar-refractivity contribution is 6.06. The number of pyridine rings is 1. The van der Waals surface area contributed by atoms with Crippen molar-refractivity contribution in [1.29, 1.82) is 0 Å². The lowest BCUT2D eigenvalue weighted by Gasteiger charge is -2.30. The number of rotatable bonds is 7. The SMILES string of the molecule is CCCN1CCc2nc3ccccc3c(C(=O)OC(CC)C(=O)Nc3cccc(C)c3C)c2C1. The van der Waals surface area contributed by atoms with Gasteiger partial charge >= 0.3 is 5.97 Å². The zero-order chi connectivity index (χ0) is 24.2. The maximum Gasteiger partial charge on any atom is 0.340 e. The van der Waals surface area contributed by atoms with Crippen LogP contribution in [0.5, 0.6) is 0 Å². The number of hydrogen-bond acceptors (Lipinski definition) is 5. The van der Waals surface area contributed by atoms with Crippen molar-refractivity contribution in [3.63, 3.8) is 0 Å². The Kier molecular flexibility index (Phi) is 7.27. The maximum absolute atomic E-state index is 13.6. The molecule has 2 heterocycles. The molecule has 178 valence electrons. The fourth-order valence-electron chi connectivity index (χ4n) is 4.60. The molecule has 0 bridgehead atoms. The highest BCUT2D eigenvalue weighted by Crippen LogP contribution is 2.29. The van der Waals surface area contributed by atoms with Gasteiger partial charge < -0.3 is 10.1 Å². The topological polar surface area (TPSA) is 71.5 Å². The van der Waals surface area contributed by atoms with Gasteiger partial charge in [0.05, 0.1) is 11.1 Å². The molecule has 0 radical (unpaired) electrons. The van der Waals surface area contributed by atoms with Crippen LogP contribution in [0.4, 0.5) is 5.69 Å². The summed E-state index contributed by atoms with van der Waals surface area (Å²) in [5.41, 5.74) is 6.03. The second-order valence-electron chi connectivity index (χ2n) is 8.99. The normalized spacial score (nSPS) is 14.5. The summed E-state index contributed by atoms with van der Waals surface area (Å²) in [5, 5.41) is 3.72. The van der Waals surface area contributed by atoms with Crippen molar-refractivity contribution in [2.75, 3.05) is 18.4 Å². The van der Waals surface area contributed by atoms with Crippen molar-refractivity contribution in [3.05, 3.63) is 70.4 Å². The number of anilines is 1. The summed E-state index contributed by atoms with van der Waals surface area (Å²) in [5.74, 6) is -0.777. The van der Waals surface area contributed by atoms with E-state index in [-0.39, 0.29) is 5.91 Å². The van der Waals surface area contributed by atoms with E-state index in [1.165, 1.54) is 0 Å². The number of ether oxygens (including phenoxy) is 1. The largest absolute Gasteiger partial charge is 0.449 e. The molecule has 0 saturated carbocycles. The molecule has 6 nitrogen and oxygen atoms in total. The van der Waals surface area contributed by atoms with Gasteiger partial charge in [0.2, 0.25) is 0 Å². The molecule has 0 saturated heterocycles. The molecule has 1 aliphatic rings. The first-order valence-corrected chi connectivity index (χ1v) is 12.1. The number of benzene rings is 2. The standard InChI is InChI=1S/C28H33N3O3/c1-5-15-31-16-14-24-21(17-31)26(20-11-7-8-12-23(20)29-24)28(33)34-25(6-2)27(32)30-22-13-9-10-18(3)19(22)4/h7-13,25H,5-6,14-17H2,1-4H3,(H,30,32). The Morgan fingerprint density at radius 2 is 1.91 bits per heavy atom. The van der Waals surface area contributed by atoms with Crippen molar-refractivity contribution in [2.24, 2.45) is 0 Å². The molecule has 0 aliphatic carbocycles. The van der Waals surface area contributed by atoms with Crippen LogP contribution in [0.15, 0.2) is 42.5 Å². The number of fused-ring (bicyclic) bond motifs is 2. The monoisotopic (exact) mass is 459 g/mol. The van der Waals surface area contributed by atoms with Crippen LogP contribution in [0.1, 0.15) is 59.4 Å². The summed E-state index contributed by atoms with van der Waals surface area (Å²) < 4.78 is 5.86. The third-order valence-corrected chi connectivity index (χ3v) is 6.64. The number of esters is 1. The molecule has 1 amide bonds. The Bertz CT molecular complexity index is 1220. The molecule has 1 aromatic heterocycles. The number of aromatic nitrogens is 1. The van der Waals surface area contributed by atoms with Crippen LogP contribution >= 0.6 is 0 Å². The molecule has 1 aliphatic heterocycles. The summed E-state index contributed by atoms with van der Waals surface area (Å²) in [6, 6.07) is 13.4. The van der Waals surface area contributed by atoms with Crippen LogP contribution in [0.2, 0.25) is 0 Å². The van der Waals surface area contributed by atoms with Crippen molar-refractivity contribution in [1.82, 2.24) is 9.88 Å². The number of carbonyl (C=O) groups is 2. The van der Waals surface area contributed by atoms with Gasteiger partial charge in [-0.1, -0.05) is 44.2 Å². The summed E-state index contributed by atoms with van der Waals surface area (Å²) in [4.78, 5) is 33.8. The fourth-order valence-corrected chi connectivity index (χ4v) is 4.60. The molecule has 3 aromatic rings. The number of aryl methyl sites for hydroxylation is 1. The summed E-state index contributed by atoms with van der Waals surface area (Å²) >= 11 is 0. The van der Waals surface area contributed by atoms with Crippen LogP contribution in [0.25, 0.3) is 10.9 Å². The number of amides is 1. The summed E-state index contributed by atoms with van der Waals surface area (Å²) in [6.45, 7) is 10.5. The predicted molar refractivity (Wildman–Crippen MR) is 135 cm³/mol. The van der Waals surface area contributed by atoms with Gasteiger partial charge in [-0.15, -0.1) is 0 Å². The minimum absolute atomic E-state index is 0.315. The van der Waals surface area contributed by atoms with Gasteiger partial charge in [-0.25, -0.2) is 4.79 Å². The van der Waals surface area contributed by atoms with Gasteiger partial charge in [-0.2, -0.15) is 0 Å². The molecule has 1 unspecified atom stereocenters. The average Bonchev–Trinajstić information content (AvgIpc) is 2.83. The van der Waals surface area contributed by atoms with E-state index in [0.717, 1.165) is 64.9 Å². The molecule has 2 aromatic carbocycles. The van der Waals surface area contributed by atoms with Crippen LogP contribution in [0.3, 0.4) is 0 Å². The first-order valence-electron chi connectivity index (χ1n) is 12.1. The van der Waals surface area contributed by atoms with E-state index in [2.05, 4.69) is 17.1 Å². The third kappa shape index (κ3) is 4.82. The molecule has 34 heavy (non-hydrogen) atoms. The quantitative estimate of drug-likeness (QED) is 0.492. The van der Waals surface area contributed by atoms with Gasteiger partial charge in [-0.3, -0.25) is 14.7 Å². The Hall–Kier alpha value is -3.25. The van der Waals surface area contributed by atoms with E-state index in [4.69, 9.17) is 9.72 Å². The van der Waals surface area contributed by atoms with Gasteiger partial charge in [0.1, 0.15) is 0 Å². The Morgan fingerprint density at radius 1 is 1.12 bits per heavy atom. The van der Waals surface area contributed by atoms with Gasteiger partial charge in [0, 0.05) is 41.8 Å². The summed E-state index contributed by atoms with van der Waals surface area (Å²) in [6.07, 6.45) is 1.35. The van der Waals surface area contributed by atoms with E-state index in [0.29, 0.717) is 18.5 Å². The van der Waals surface area contributed by atoms with Crippen molar-refractivity contribution in [3.8, 4) is 0 Å². The van der Waals surface area contributed by atoms with E-state index in [1.807, 2.05) is 63.2 Å². The van der Waals surface area contributed by atoms with E-state index >= 15 is 0 Å². The highest BCUT2D eigenvalue weighted by atomic mass is 16.5. The van der Waals surface area contributed by atoms with Crippen LogP contribution in [-0.4, -0.2) is 41.0 Å². The number of hydrogen-bond donors (Lipinski definition) is 1. The van der Waals surface area contributed by atoms with Crippen LogP contribution in [0, 0.1) is 13.8 Å². The Balaban J connectivity index is 1.64. The van der Waals surface area contributed by atoms with Gasteiger partial charge in [0.15, 0.2) is 6.10 Å². The first kappa shape index (κ1) is 23.9. The number of nitrogens with one attached hydrogen (secondary N) is 1. The highest BCUT2D eigenvalue weighted by Gasteiger charge is 2.29. The third-order valence-electron chi connectivity index (χ3n) is 6.64. The van der Waals surface area contributed by atoms with E-state index < -0.39 is 12.1 Å². The Labute approximate surface area is 201 Å². The fraction of sp³-hybridized carbons (Fsp3) is 0.393. The minimum Gasteiger partial charge on any atom is -0.449 e. The molecule has 4 rings (SSSR count). The summed E-state index contributed by atoms with van der Waals surface area (Å²) in [7, 11) is 0. The van der Waals surface area contributed by atoms with Crippen molar-refractivity contribution >= 4 is 28.5 Å². The van der Waals surface area contributed by atoms with E-state index in [1.54, 1.807) is 0 Å². The second-order valence-corrected chi connectivity index (χ2v) is 8.99. The maximum atomic E-state index is 13.6. The molecule has 1 atom stereocenters.